The third kappa shape index (κ3) is 3.81. The van der Waals surface area contributed by atoms with Gasteiger partial charge in [0.1, 0.15) is 0 Å². The number of aryl methyl sites for hydroxylation is 3. The molecule has 6 nitrogen and oxygen atoms in total. The molecule has 2 amide bonds. The van der Waals surface area contributed by atoms with Crippen LogP contribution in [0.1, 0.15) is 48.5 Å². The quantitative estimate of drug-likeness (QED) is 0.499. The van der Waals surface area contributed by atoms with Crippen LogP contribution in [0.5, 0.6) is 0 Å². The Morgan fingerprint density at radius 2 is 1.36 bits per heavy atom. The first-order valence-corrected chi connectivity index (χ1v) is 12.2. The van der Waals surface area contributed by atoms with Crippen molar-refractivity contribution in [3.05, 3.63) is 86.4 Å². The number of nitrogens with one attached hydrogen (secondary N) is 1. The Balaban J connectivity index is 1.69. The molecular formula is C25H23ClN2O4S. The summed E-state index contributed by atoms with van der Waals surface area (Å²) in [6.07, 6.45) is 0. The van der Waals surface area contributed by atoms with Crippen molar-refractivity contribution in [2.75, 3.05) is 9.62 Å². The number of imide groups is 1. The summed E-state index contributed by atoms with van der Waals surface area (Å²) >= 11 is 5.99. The number of amides is 2. The van der Waals surface area contributed by atoms with Crippen molar-refractivity contribution in [3.8, 4) is 0 Å². The largest absolute Gasteiger partial charge is 0.280 e. The second-order valence-corrected chi connectivity index (χ2v) is 10.4. The highest BCUT2D eigenvalue weighted by molar-refractivity contribution is 7.92. The van der Waals surface area contributed by atoms with Gasteiger partial charge in [-0.3, -0.25) is 14.3 Å². The first kappa shape index (κ1) is 23.0. The maximum Gasteiger partial charge on any atom is 0.266 e. The number of fused-ring (bicyclic) bond motifs is 1. The van der Waals surface area contributed by atoms with E-state index in [-0.39, 0.29) is 16.0 Å². The van der Waals surface area contributed by atoms with Crippen LogP contribution in [0.3, 0.4) is 0 Å². The molecule has 0 saturated heterocycles. The highest BCUT2D eigenvalue weighted by Crippen LogP contribution is 2.34. The molecule has 0 aromatic heterocycles. The van der Waals surface area contributed by atoms with Gasteiger partial charge in [-0.15, -0.1) is 0 Å². The molecule has 1 aliphatic heterocycles. The summed E-state index contributed by atoms with van der Waals surface area (Å²) in [5, 5.41) is 0.371. The molecule has 3 aromatic rings. The minimum Gasteiger partial charge on any atom is -0.280 e. The van der Waals surface area contributed by atoms with E-state index < -0.39 is 21.8 Å². The van der Waals surface area contributed by atoms with Gasteiger partial charge in [-0.2, -0.15) is 0 Å². The van der Waals surface area contributed by atoms with E-state index in [1.54, 1.807) is 45.0 Å². The van der Waals surface area contributed by atoms with Crippen molar-refractivity contribution < 1.29 is 18.0 Å². The van der Waals surface area contributed by atoms with Gasteiger partial charge in [0.05, 0.1) is 21.7 Å². The summed E-state index contributed by atoms with van der Waals surface area (Å²) in [6.45, 7) is 9.07. The summed E-state index contributed by atoms with van der Waals surface area (Å²) in [5.41, 5.74) is 5.03. The molecule has 0 radical (unpaired) electrons. The van der Waals surface area contributed by atoms with Gasteiger partial charge in [-0.1, -0.05) is 17.7 Å². The molecule has 0 atom stereocenters. The molecule has 1 N–H and O–H groups in total. The molecule has 33 heavy (non-hydrogen) atoms. The lowest BCUT2D eigenvalue weighted by Crippen LogP contribution is -2.30. The molecule has 0 bridgehead atoms. The van der Waals surface area contributed by atoms with E-state index in [9.17, 15) is 18.0 Å². The summed E-state index contributed by atoms with van der Waals surface area (Å²) in [6, 6.07) is 11.3. The average molecular weight is 483 g/mol. The van der Waals surface area contributed by atoms with Crippen LogP contribution in [0.25, 0.3) is 0 Å². The minimum absolute atomic E-state index is 0.248. The number of anilines is 2. The van der Waals surface area contributed by atoms with Gasteiger partial charge < -0.3 is 0 Å². The Labute approximate surface area is 198 Å². The van der Waals surface area contributed by atoms with Gasteiger partial charge in [0.15, 0.2) is 0 Å². The maximum atomic E-state index is 13.2. The molecule has 0 spiro atoms. The van der Waals surface area contributed by atoms with Crippen LogP contribution in [0.4, 0.5) is 11.4 Å². The first-order valence-electron chi connectivity index (χ1n) is 10.3. The smallest absolute Gasteiger partial charge is 0.266 e. The van der Waals surface area contributed by atoms with Crippen molar-refractivity contribution in [1.82, 2.24) is 0 Å². The topological polar surface area (TPSA) is 83.6 Å². The zero-order valence-corrected chi connectivity index (χ0v) is 20.5. The molecule has 0 saturated carbocycles. The predicted molar refractivity (Wildman–Crippen MR) is 130 cm³/mol. The van der Waals surface area contributed by atoms with E-state index in [2.05, 4.69) is 4.72 Å². The fourth-order valence-corrected chi connectivity index (χ4v) is 6.03. The number of benzene rings is 3. The van der Waals surface area contributed by atoms with Crippen molar-refractivity contribution in [3.63, 3.8) is 0 Å². The molecule has 0 fully saturated rings. The van der Waals surface area contributed by atoms with Crippen LogP contribution < -0.4 is 9.62 Å². The Morgan fingerprint density at radius 3 is 1.97 bits per heavy atom. The highest BCUT2D eigenvalue weighted by Gasteiger charge is 2.37. The van der Waals surface area contributed by atoms with Crippen LogP contribution in [0, 0.1) is 34.6 Å². The number of nitrogens with zero attached hydrogens (tertiary/aromatic N) is 1. The van der Waals surface area contributed by atoms with Crippen LogP contribution in [0.15, 0.2) is 47.4 Å². The van der Waals surface area contributed by atoms with Gasteiger partial charge in [-0.05, 0) is 98.8 Å². The van der Waals surface area contributed by atoms with Gasteiger partial charge >= 0.3 is 0 Å². The van der Waals surface area contributed by atoms with Crippen LogP contribution >= 0.6 is 11.6 Å². The number of sulfonamides is 1. The number of hydrogen-bond acceptors (Lipinski definition) is 4. The molecule has 3 aromatic carbocycles. The fourth-order valence-electron chi connectivity index (χ4n) is 4.19. The predicted octanol–water partition coefficient (Wildman–Crippen LogP) is 5.48. The van der Waals surface area contributed by atoms with Crippen molar-refractivity contribution >= 4 is 44.8 Å². The number of rotatable bonds is 4. The molecule has 4 rings (SSSR count). The molecule has 170 valence electrons. The van der Waals surface area contributed by atoms with Crippen LogP contribution in [-0.2, 0) is 10.0 Å². The van der Waals surface area contributed by atoms with Crippen LogP contribution in [0.2, 0.25) is 5.02 Å². The number of carbonyl (C=O) groups excluding carboxylic acids is 2. The molecule has 0 aliphatic carbocycles. The summed E-state index contributed by atoms with van der Waals surface area (Å²) in [7, 11) is -3.85. The maximum absolute atomic E-state index is 13.2. The molecular weight excluding hydrogens is 460 g/mol. The zero-order valence-electron chi connectivity index (χ0n) is 18.9. The lowest BCUT2D eigenvalue weighted by Gasteiger charge is -2.19. The standard InChI is InChI=1S/C25H23ClN2O4S/c1-13-10-14(2)17(5)23(16(13)4)33(31,32)27-19-7-9-22(15(3)11-19)28-24(29)20-8-6-18(26)12-21(20)25(28)30/h6-12,27H,1-5H3. The third-order valence-corrected chi connectivity index (χ3v) is 7.99. The highest BCUT2D eigenvalue weighted by atomic mass is 35.5. The fraction of sp³-hybridized carbons (Fsp3) is 0.200. The second-order valence-electron chi connectivity index (χ2n) is 8.33. The Kier molecular flexibility index (Phi) is 5.58. The summed E-state index contributed by atoms with van der Waals surface area (Å²) in [4.78, 5) is 27.1. The number of carbonyl (C=O) groups is 2. The normalized spacial score (nSPS) is 13.5. The first-order chi connectivity index (χ1) is 15.4. The van der Waals surface area contributed by atoms with E-state index >= 15 is 0 Å². The van der Waals surface area contributed by atoms with Gasteiger partial charge in [0.2, 0.25) is 0 Å². The van der Waals surface area contributed by atoms with Crippen molar-refractivity contribution in [2.24, 2.45) is 0 Å². The van der Waals surface area contributed by atoms with E-state index in [1.165, 1.54) is 12.1 Å². The molecule has 8 heteroatoms. The van der Waals surface area contributed by atoms with E-state index in [1.807, 2.05) is 19.9 Å². The summed E-state index contributed by atoms with van der Waals surface area (Å²) < 4.78 is 29.1. The molecule has 0 unspecified atom stereocenters. The third-order valence-electron chi connectivity index (χ3n) is 6.10. The van der Waals surface area contributed by atoms with Crippen molar-refractivity contribution in [2.45, 2.75) is 39.5 Å². The lowest BCUT2D eigenvalue weighted by molar-refractivity contribution is 0.0926. The average Bonchev–Trinajstić information content (AvgIpc) is 2.96. The van der Waals surface area contributed by atoms with Gasteiger partial charge in [0.25, 0.3) is 21.8 Å². The monoisotopic (exact) mass is 482 g/mol. The van der Waals surface area contributed by atoms with E-state index in [4.69, 9.17) is 11.6 Å². The number of halogens is 1. The Hall–Kier alpha value is -3.16. The lowest BCUT2D eigenvalue weighted by atomic mass is 10.0. The minimum atomic E-state index is -3.85. The second kappa shape index (κ2) is 8.01. The molecule has 1 aliphatic rings. The van der Waals surface area contributed by atoms with E-state index in [0.29, 0.717) is 33.1 Å². The number of hydrogen-bond donors (Lipinski definition) is 1. The SMILES string of the molecule is Cc1cc(NS(=O)(=O)c2c(C)c(C)cc(C)c2C)ccc1N1C(=O)c2ccc(Cl)cc2C1=O. The Bertz CT molecular complexity index is 1440. The summed E-state index contributed by atoms with van der Waals surface area (Å²) in [5.74, 6) is -0.903. The van der Waals surface area contributed by atoms with E-state index in [0.717, 1.165) is 16.0 Å². The Morgan fingerprint density at radius 1 is 0.758 bits per heavy atom. The zero-order chi connectivity index (χ0) is 24.2. The van der Waals surface area contributed by atoms with Gasteiger partial charge in [-0.25, -0.2) is 13.3 Å². The van der Waals surface area contributed by atoms with Crippen LogP contribution in [-0.4, -0.2) is 20.2 Å². The molecule has 1 heterocycles. The van der Waals surface area contributed by atoms with Gasteiger partial charge in [0, 0.05) is 10.7 Å². The van der Waals surface area contributed by atoms with Crippen molar-refractivity contribution in [1.29, 1.82) is 0 Å².